The largest absolute Gasteiger partial charge is 0.196 e. The lowest BCUT2D eigenvalue weighted by Crippen LogP contribution is -2.02. The molecule has 0 aliphatic heterocycles. The van der Waals surface area contributed by atoms with E-state index in [1.54, 1.807) is 16.4 Å². The lowest BCUT2D eigenvalue weighted by molar-refractivity contribution is 0.777. The van der Waals surface area contributed by atoms with Gasteiger partial charge in [-0.05, 0) is 34.2 Å². The van der Waals surface area contributed by atoms with Gasteiger partial charge < -0.3 is 0 Å². The van der Waals surface area contributed by atoms with E-state index in [1.807, 2.05) is 54.6 Å². The van der Waals surface area contributed by atoms with E-state index in [0.29, 0.717) is 0 Å². The third-order valence-electron chi connectivity index (χ3n) is 2.98. The minimum atomic E-state index is 0.729. The van der Waals surface area contributed by atoms with Crippen LogP contribution in [-0.4, -0.2) is 20.2 Å². The summed E-state index contributed by atoms with van der Waals surface area (Å²) in [6.07, 6.45) is 0. The Balaban J connectivity index is 1.67. The van der Waals surface area contributed by atoms with Gasteiger partial charge in [0.05, 0.1) is 11.4 Å². The molecule has 1 heterocycles. The maximum absolute atomic E-state index is 6.15. The third-order valence-corrected chi connectivity index (χ3v) is 4.33. The monoisotopic (exact) mass is 316 g/mol. The highest BCUT2D eigenvalue weighted by Gasteiger charge is 2.08. The Hall–Kier alpha value is -1.85. The van der Waals surface area contributed by atoms with Crippen molar-refractivity contribution >= 4 is 23.4 Å². The van der Waals surface area contributed by atoms with Gasteiger partial charge in [0.1, 0.15) is 0 Å². The number of nitrogens with zero attached hydrogens (tertiary/aromatic N) is 4. The molecule has 2 aromatic carbocycles. The second-order valence-corrected chi connectivity index (χ2v) is 5.82. The molecule has 0 aliphatic carbocycles. The zero-order chi connectivity index (χ0) is 14.5. The molecule has 3 rings (SSSR count). The molecule has 0 bridgehead atoms. The van der Waals surface area contributed by atoms with Crippen LogP contribution in [-0.2, 0) is 11.5 Å². The van der Waals surface area contributed by atoms with E-state index in [4.69, 9.17) is 11.6 Å². The van der Waals surface area contributed by atoms with Gasteiger partial charge in [-0.1, -0.05) is 48.0 Å². The Morgan fingerprint density at radius 2 is 1.71 bits per heavy atom. The minimum absolute atomic E-state index is 0.729. The van der Waals surface area contributed by atoms with Gasteiger partial charge in [0.2, 0.25) is 0 Å². The Kier molecular flexibility index (Phi) is 4.52. The smallest absolute Gasteiger partial charge is 0.166 e. The summed E-state index contributed by atoms with van der Waals surface area (Å²) in [7, 11) is 0. The average Bonchev–Trinajstić information content (AvgIpc) is 2.99. The molecule has 0 unspecified atom stereocenters. The summed E-state index contributed by atoms with van der Waals surface area (Å²) < 4.78 is 1.76. The van der Waals surface area contributed by atoms with Crippen LogP contribution in [0.5, 0.6) is 0 Å². The number of hydrogen-bond acceptors (Lipinski definition) is 4. The molecule has 6 heteroatoms. The molecule has 21 heavy (non-hydrogen) atoms. The summed E-state index contributed by atoms with van der Waals surface area (Å²) >= 11 is 7.89. The van der Waals surface area contributed by atoms with E-state index in [9.17, 15) is 0 Å². The topological polar surface area (TPSA) is 43.6 Å². The molecule has 1 aromatic heterocycles. The highest BCUT2D eigenvalue weighted by atomic mass is 35.5. The van der Waals surface area contributed by atoms with Gasteiger partial charge in [0.15, 0.2) is 5.82 Å². The van der Waals surface area contributed by atoms with Gasteiger partial charge in [0.25, 0.3) is 0 Å². The summed E-state index contributed by atoms with van der Waals surface area (Å²) in [4.78, 5) is 0. The molecule has 0 amide bonds. The number of thioether (sulfide) groups is 1. The van der Waals surface area contributed by atoms with E-state index in [0.717, 1.165) is 33.6 Å². The zero-order valence-electron chi connectivity index (χ0n) is 11.2. The average molecular weight is 317 g/mol. The van der Waals surface area contributed by atoms with Crippen LogP contribution in [0.2, 0.25) is 5.02 Å². The van der Waals surface area contributed by atoms with E-state index in [-0.39, 0.29) is 0 Å². The fourth-order valence-electron chi connectivity index (χ4n) is 1.93. The van der Waals surface area contributed by atoms with Crippen LogP contribution < -0.4 is 0 Å². The normalized spacial score (nSPS) is 10.7. The Morgan fingerprint density at radius 1 is 0.952 bits per heavy atom. The fourth-order valence-corrected chi connectivity index (χ4v) is 3.15. The van der Waals surface area contributed by atoms with Gasteiger partial charge in [-0.25, -0.2) is 0 Å². The summed E-state index contributed by atoms with van der Waals surface area (Å²) in [6.45, 7) is 0. The molecule has 3 aromatic rings. The van der Waals surface area contributed by atoms with Crippen molar-refractivity contribution in [2.24, 2.45) is 0 Å². The number of hydrogen-bond donors (Lipinski definition) is 0. The molecule has 0 saturated heterocycles. The predicted molar refractivity (Wildman–Crippen MR) is 85.6 cm³/mol. The van der Waals surface area contributed by atoms with Crippen molar-refractivity contribution in [3.05, 3.63) is 71.0 Å². The van der Waals surface area contributed by atoms with Gasteiger partial charge >= 0.3 is 0 Å². The summed E-state index contributed by atoms with van der Waals surface area (Å²) in [5, 5.41) is 12.7. The number of aromatic nitrogens is 4. The molecular formula is C15H13ClN4S. The summed E-state index contributed by atoms with van der Waals surface area (Å²) in [5.41, 5.74) is 2.10. The quantitative estimate of drug-likeness (QED) is 0.719. The van der Waals surface area contributed by atoms with Crippen LogP contribution in [0.1, 0.15) is 11.4 Å². The Bertz CT molecular complexity index is 714. The molecule has 0 fully saturated rings. The fraction of sp³-hybridized carbons (Fsp3) is 0.133. The van der Waals surface area contributed by atoms with Gasteiger partial charge in [-0.15, -0.1) is 16.9 Å². The van der Waals surface area contributed by atoms with Crippen molar-refractivity contribution in [2.45, 2.75) is 11.5 Å². The van der Waals surface area contributed by atoms with E-state index in [1.165, 1.54) is 0 Å². The minimum Gasteiger partial charge on any atom is -0.196 e. The number of tetrazole rings is 1. The van der Waals surface area contributed by atoms with Crippen LogP contribution in [0.25, 0.3) is 5.69 Å². The lowest BCUT2D eigenvalue weighted by Gasteiger charge is -2.05. The van der Waals surface area contributed by atoms with Crippen LogP contribution in [0.3, 0.4) is 0 Å². The Morgan fingerprint density at radius 3 is 2.52 bits per heavy atom. The third kappa shape index (κ3) is 3.43. The number of para-hydroxylation sites is 1. The Labute approximate surface area is 132 Å². The highest BCUT2D eigenvalue weighted by Crippen LogP contribution is 2.23. The molecule has 0 N–H and O–H groups in total. The number of benzene rings is 2. The molecule has 0 spiro atoms. The van der Waals surface area contributed by atoms with Crippen molar-refractivity contribution in [3.8, 4) is 5.69 Å². The number of rotatable bonds is 5. The van der Waals surface area contributed by atoms with Gasteiger partial charge in [-0.3, -0.25) is 0 Å². The van der Waals surface area contributed by atoms with E-state index >= 15 is 0 Å². The maximum atomic E-state index is 6.15. The molecule has 0 saturated carbocycles. The highest BCUT2D eigenvalue weighted by molar-refractivity contribution is 7.97. The second-order valence-electron chi connectivity index (χ2n) is 4.43. The van der Waals surface area contributed by atoms with Crippen LogP contribution in [0.15, 0.2) is 54.6 Å². The van der Waals surface area contributed by atoms with E-state index in [2.05, 4.69) is 15.5 Å². The van der Waals surface area contributed by atoms with Gasteiger partial charge in [0, 0.05) is 10.8 Å². The van der Waals surface area contributed by atoms with Crippen molar-refractivity contribution in [1.82, 2.24) is 20.2 Å². The van der Waals surface area contributed by atoms with E-state index < -0.39 is 0 Å². The molecule has 0 atom stereocenters. The van der Waals surface area contributed by atoms with Crippen molar-refractivity contribution in [2.75, 3.05) is 0 Å². The first-order valence-electron chi connectivity index (χ1n) is 6.48. The van der Waals surface area contributed by atoms with Crippen LogP contribution in [0.4, 0.5) is 0 Å². The zero-order valence-corrected chi connectivity index (χ0v) is 12.8. The van der Waals surface area contributed by atoms with Crippen molar-refractivity contribution < 1.29 is 0 Å². The second kappa shape index (κ2) is 6.74. The van der Waals surface area contributed by atoms with Crippen molar-refractivity contribution in [1.29, 1.82) is 0 Å². The van der Waals surface area contributed by atoms with Crippen LogP contribution >= 0.6 is 23.4 Å². The SMILES string of the molecule is Clc1ccccc1CSCc1nnnn1-c1ccccc1. The molecule has 0 aliphatic rings. The standard InChI is InChI=1S/C15H13ClN4S/c16-14-9-5-4-6-12(14)10-21-11-15-17-18-19-20(15)13-7-2-1-3-8-13/h1-9H,10-11H2. The summed E-state index contributed by atoms with van der Waals surface area (Å²) in [6, 6.07) is 17.8. The van der Waals surface area contributed by atoms with Crippen LogP contribution in [0, 0.1) is 0 Å². The first kappa shape index (κ1) is 14.1. The number of halogens is 1. The first-order chi connectivity index (χ1) is 10.3. The first-order valence-corrected chi connectivity index (χ1v) is 8.01. The molecular weight excluding hydrogens is 304 g/mol. The maximum Gasteiger partial charge on any atom is 0.166 e. The molecule has 4 nitrogen and oxygen atoms in total. The summed E-state index contributed by atoms with van der Waals surface area (Å²) in [5.74, 6) is 2.40. The molecule has 0 radical (unpaired) electrons. The molecule has 106 valence electrons. The van der Waals surface area contributed by atoms with Crippen molar-refractivity contribution in [3.63, 3.8) is 0 Å². The lowest BCUT2D eigenvalue weighted by atomic mass is 10.2. The van der Waals surface area contributed by atoms with Gasteiger partial charge in [-0.2, -0.15) is 4.68 Å². The predicted octanol–water partition coefficient (Wildman–Crippen LogP) is 3.75.